The Bertz CT molecular complexity index is 384. The fraction of sp³-hybridized carbons (Fsp3) is 0.385. The Kier molecular flexibility index (Phi) is 5.51. The maximum Gasteiger partial charge on any atom is 0.142 e. The van der Waals surface area contributed by atoms with E-state index in [0.717, 1.165) is 19.3 Å². The summed E-state index contributed by atoms with van der Waals surface area (Å²) in [5.74, 6) is 2.40. The zero-order valence-electron chi connectivity index (χ0n) is 9.26. The Hall–Kier alpha value is -0.850. The zero-order valence-corrected chi connectivity index (χ0v) is 10.8. The third kappa shape index (κ3) is 3.33. The largest absolute Gasteiger partial charge is 0.313 e. The summed E-state index contributed by atoms with van der Waals surface area (Å²) in [6.45, 7) is 0. The fourth-order valence-corrected chi connectivity index (χ4v) is 2.03. The molecule has 0 aliphatic carbocycles. The van der Waals surface area contributed by atoms with Crippen LogP contribution in [0, 0.1) is 18.2 Å². The highest BCUT2D eigenvalue weighted by Crippen LogP contribution is 2.26. The summed E-state index contributed by atoms with van der Waals surface area (Å²) in [5.41, 5.74) is 0.689. The van der Waals surface area contributed by atoms with Gasteiger partial charge in [-0.1, -0.05) is 12.1 Å². The molecule has 0 saturated heterocycles. The van der Waals surface area contributed by atoms with Gasteiger partial charge < -0.3 is 5.32 Å². The number of terminal acetylenes is 1. The SMILES string of the molecule is C#CCCCC(NC)c1cccc(Br)c1F. The highest BCUT2D eigenvalue weighted by molar-refractivity contribution is 9.10. The monoisotopic (exact) mass is 283 g/mol. The summed E-state index contributed by atoms with van der Waals surface area (Å²) in [7, 11) is 1.83. The van der Waals surface area contributed by atoms with Gasteiger partial charge in [-0.05, 0) is 41.9 Å². The highest BCUT2D eigenvalue weighted by atomic mass is 79.9. The minimum Gasteiger partial charge on any atom is -0.313 e. The summed E-state index contributed by atoms with van der Waals surface area (Å²) < 4.78 is 14.3. The lowest BCUT2D eigenvalue weighted by molar-refractivity contribution is 0.496. The van der Waals surface area contributed by atoms with Crippen molar-refractivity contribution >= 4 is 15.9 Å². The van der Waals surface area contributed by atoms with Gasteiger partial charge in [-0.2, -0.15) is 0 Å². The van der Waals surface area contributed by atoms with Crippen LogP contribution in [0.3, 0.4) is 0 Å². The maximum atomic E-state index is 13.8. The van der Waals surface area contributed by atoms with Crippen LogP contribution in [-0.2, 0) is 0 Å². The van der Waals surface area contributed by atoms with Crippen LogP contribution in [0.1, 0.15) is 30.9 Å². The van der Waals surface area contributed by atoms with Gasteiger partial charge in [0.15, 0.2) is 0 Å². The number of rotatable bonds is 5. The van der Waals surface area contributed by atoms with Gasteiger partial charge in [-0.15, -0.1) is 12.3 Å². The van der Waals surface area contributed by atoms with E-state index >= 15 is 0 Å². The molecule has 0 aliphatic heterocycles. The second-order valence-electron chi connectivity index (χ2n) is 3.58. The normalized spacial score (nSPS) is 12.1. The fourth-order valence-electron chi connectivity index (χ4n) is 1.65. The average Bonchev–Trinajstić information content (AvgIpc) is 2.29. The van der Waals surface area contributed by atoms with Crippen LogP contribution in [0.2, 0.25) is 0 Å². The van der Waals surface area contributed by atoms with E-state index in [1.807, 2.05) is 13.1 Å². The minimum atomic E-state index is -0.192. The van der Waals surface area contributed by atoms with E-state index in [9.17, 15) is 4.39 Å². The van der Waals surface area contributed by atoms with Crippen molar-refractivity contribution in [1.29, 1.82) is 0 Å². The molecule has 0 aromatic heterocycles. The molecule has 3 heteroatoms. The summed E-state index contributed by atoms with van der Waals surface area (Å²) in [5, 5.41) is 3.12. The molecular weight excluding hydrogens is 269 g/mol. The molecule has 1 unspecified atom stereocenters. The molecule has 1 nitrogen and oxygen atoms in total. The smallest absolute Gasteiger partial charge is 0.142 e. The van der Waals surface area contributed by atoms with Crippen molar-refractivity contribution in [2.24, 2.45) is 0 Å². The zero-order chi connectivity index (χ0) is 12.0. The van der Waals surface area contributed by atoms with Crippen LogP contribution in [0.25, 0.3) is 0 Å². The molecule has 86 valence electrons. The van der Waals surface area contributed by atoms with E-state index in [1.165, 1.54) is 0 Å². The van der Waals surface area contributed by atoms with Gasteiger partial charge in [-0.3, -0.25) is 0 Å². The molecule has 1 aromatic carbocycles. The first-order valence-electron chi connectivity index (χ1n) is 5.25. The van der Waals surface area contributed by atoms with Gasteiger partial charge in [0.25, 0.3) is 0 Å². The second-order valence-corrected chi connectivity index (χ2v) is 4.43. The van der Waals surface area contributed by atoms with Crippen LogP contribution >= 0.6 is 15.9 Å². The molecule has 16 heavy (non-hydrogen) atoms. The van der Waals surface area contributed by atoms with Gasteiger partial charge >= 0.3 is 0 Å². The molecule has 0 aliphatic rings. The predicted molar refractivity (Wildman–Crippen MR) is 68.6 cm³/mol. The van der Waals surface area contributed by atoms with Gasteiger partial charge in [-0.25, -0.2) is 4.39 Å². The van der Waals surface area contributed by atoms with Crippen LogP contribution < -0.4 is 5.32 Å². The standard InChI is InChI=1S/C13H15BrFN/c1-3-4-5-9-12(16-2)10-7-6-8-11(14)13(10)15/h1,6-8,12,16H,4-5,9H2,2H3. The Morgan fingerprint density at radius 3 is 2.94 bits per heavy atom. The molecule has 0 radical (unpaired) electrons. The van der Waals surface area contributed by atoms with Crippen molar-refractivity contribution in [3.8, 4) is 12.3 Å². The Labute approximate surface area is 105 Å². The number of unbranched alkanes of at least 4 members (excludes halogenated alkanes) is 1. The molecule has 0 saturated carbocycles. The number of hydrogen-bond acceptors (Lipinski definition) is 1. The lowest BCUT2D eigenvalue weighted by atomic mass is 10.0. The molecule has 0 heterocycles. The van der Waals surface area contributed by atoms with Crippen molar-refractivity contribution in [1.82, 2.24) is 5.32 Å². The van der Waals surface area contributed by atoms with E-state index in [1.54, 1.807) is 12.1 Å². The summed E-state index contributed by atoms with van der Waals surface area (Å²) in [4.78, 5) is 0. The Morgan fingerprint density at radius 2 is 2.31 bits per heavy atom. The Morgan fingerprint density at radius 1 is 1.56 bits per heavy atom. The van der Waals surface area contributed by atoms with Crippen LogP contribution in [0.4, 0.5) is 4.39 Å². The third-order valence-electron chi connectivity index (χ3n) is 2.52. The van der Waals surface area contributed by atoms with Gasteiger partial charge in [0.2, 0.25) is 0 Å². The molecule has 1 N–H and O–H groups in total. The van der Waals surface area contributed by atoms with E-state index in [2.05, 4.69) is 27.2 Å². The Balaban J connectivity index is 2.79. The van der Waals surface area contributed by atoms with Crippen molar-refractivity contribution in [3.05, 3.63) is 34.1 Å². The van der Waals surface area contributed by atoms with E-state index in [4.69, 9.17) is 6.42 Å². The first-order valence-corrected chi connectivity index (χ1v) is 6.04. The molecule has 0 fully saturated rings. The summed E-state index contributed by atoms with van der Waals surface area (Å²) in [6.07, 6.45) is 7.66. The van der Waals surface area contributed by atoms with Crippen LogP contribution in [-0.4, -0.2) is 7.05 Å². The van der Waals surface area contributed by atoms with Crippen molar-refractivity contribution in [2.75, 3.05) is 7.05 Å². The molecule has 1 rings (SSSR count). The quantitative estimate of drug-likeness (QED) is 0.643. The van der Waals surface area contributed by atoms with Crippen LogP contribution in [0.5, 0.6) is 0 Å². The average molecular weight is 284 g/mol. The number of halogens is 2. The van der Waals surface area contributed by atoms with Crippen LogP contribution in [0.15, 0.2) is 22.7 Å². The van der Waals surface area contributed by atoms with Gasteiger partial charge in [0.05, 0.1) is 4.47 Å². The second kappa shape index (κ2) is 6.67. The summed E-state index contributed by atoms with van der Waals surface area (Å²) in [6, 6.07) is 5.36. The van der Waals surface area contributed by atoms with E-state index < -0.39 is 0 Å². The maximum absolute atomic E-state index is 13.8. The molecule has 0 spiro atoms. The van der Waals surface area contributed by atoms with Crippen molar-refractivity contribution < 1.29 is 4.39 Å². The van der Waals surface area contributed by atoms with Gasteiger partial charge in [0.1, 0.15) is 5.82 Å². The van der Waals surface area contributed by atoms with Crippen molar-refractivity contribution in [2.45, 2.75) is 25.3 Å². The van der Waals surface area contributed by atoms with Gasteiger partial charge in [0, 0.05) is 18.0 Å². The van der Waals surface area contributed by atoms with E-state index in [-0.39, 0.29) is 11.9 Å². The number of benzene rings is 1. The highest BCUT2D eigenvalue weighted by Gasteiger charge is 2.14. The van der Waals surface area contributed by atoms with Crippen molar-refractivity contribution in [3.63, 3.8) is 0 Å². The molecule has 0 bridgehead atoms. The molecule has 0 amide bonds. The first-order chi connectivity index (χ1) is 7.70. The van der Waals surface area contributed by atoms with E-state index in [0.29, 0.717) is 10.0 Å². The molecular formula is C13H15BrFN. The number of nitrogens with one attached hydrogen (secondary N) is 1. The number of hydrogen-bond donors (Lipinski definition) is 1. The lowest BCUT2D eigenvalue weighted by Crippen LogP contribution is -2.17. The predicted octanol–water partition coefficient (Wildman–Crippen LogP) is 3.65. The minimum absolute atomic E-state index is 0.0193. The lowest BCUT2D eigenvalue weighted by Gasteiger charge is -2.17. The summed E-state index contributed by atoms with van der Waals surface area (Å²) >= 11 is 3.19. The molecule has 1 atom stereocenters. The third-order valence-corrected chi connectivity index (χ3v) is 3.13. The topological polar surface area (TPSA) is 12.0 Å². The first kappa shape index (κ1) is 13.2. The molecule has 1 aromatic rings.